The lowest BCUT2D eigenvalue weighted by atomic mass is 9.97. The van der Waals surface area contributed by atoms with Gasteiger partial charge in [-0.05, 0) is 6.42 Å². The Hall–Kier alpha value is -0.730. The van der Waals surface area contributed by atoms with Crippen LogP contribution < -0.4 is 5.32 Å². The molecule has 0 aromatic rings. The first kappa shape index (κ1) is 21.3. The molecular weight excluding hydrogens is 314 g/mol. The first-order valence-electron chi connectivity index (χ1n) is 9.02. The van der Waals surface area contributed by atoms with Gasteiger partial charge in [0.05, 0.1) is 6.61 Å². The van der Waals surface area contributed by atoms with Crippen molar-refractivity contribution < 1.29 is 29.6 Å². The topological polar surface area (TPSA) is 108 Å². The van der Waals surface area contributed by atoms with Crippen molar-refractivity contribution in [3.8, 4) is 0 Å². The lowest BCUT2D eigenvalue weighted by molar-refractivity contribution is -0.270. The molecule has 0 spiro atoms. The zero-order valence-electron chi connectivity index (χ0n) is 14.8. The van der Waals surface area contributed by atoms with Crippen molar-refractivity contribution in [1.82, 2.24) is 5.32 Å². The van der Waals surface area contributed by atoms with Crippen LogP contribution in [-0.2, 0) is 14.3 Å². The molecule has 1 aliphatic rings. The summed E-state index contributed by atoms with van der Waals surface area (Å²) in [6.07, 6.45) is 3.72. The first-order chi connectivity index (χ1) is 11.5. The van der Waals surface area contributed by atoms with Gasteiger partial charge in [0.2, 0.25) is 5.91 Å². The van der Waals surface area contributed by atoms with Crippen molar-refractivity contribution in [2.24, 2.45) is 0 Å². The third kappa shape index (κ3) is 7.03. The summed E-state index contributed by atoms with van der Waals surface area (Å²) in [5, 5.41) is 31.8. The summed E-state index contributed by atoms with van der Waals surface area (Å²) in [4.78, 5) is 11.3. The summed E-state index contributed by atoms with van der Waals surface area (Å²) in [5.74, 6) is -0.346. The summed E-state index contributed by atoms with van der Waals surface area (Å²) in [6.45, 7) is 3.52. The number of hydrogen-bond acceptors (Lipinski definition) is 6. The maximum atomic E-state index is 11.3. The SMILES string of the molecule is CCCCCCCCCO[C@@H]1O[C@H](CO)[C@@H](O)[C@H](O)[C@H]1NC(C)=O. The fraction of sp³-hybridized carbons (Fsp3) is 0.941. The quantitative estimate of drug-likeness (QED) is 0.410. The molecule has 1 amide bonds. The van der Waals surface area contributed by atoms with Crippen LogP contribution in [0.4, 0.5) is 0 Å². The smallest absolute Gasteiger partial charge is 0.217 e. The molecule has 0 unspecified atom stereocenters. The summed E-state index contributed by atoms with van der Waals surface area (Å²) < 4.78 is 11.2. The number of aliphatic hydroxyl groups excluding tert-OH is 3. The van der Waals surface area contributed by atoms with E-state index in [1.165, 1.54) is 32.6 Å². The van der Waals surface area contributed by atoms with Crippen molar-refractivity contribution in [1.29, 1.82) is 0 Å². The van der Waals surface area contributed by atoms with E-state index in [9.17, 15) is 20.1 Å². The lowest BCUT2D eigenvalue weighted by Gasteiger charge is -2.42. The molecule has 1 heterocycles. The molecule has 0 aromatic carbocycles. The Labute approximate surface area is 144 Å². The van der Waals surface area contributed by atoms with Gasteiger partial charge in [0.1, 0.15) is 24.4 Å². The molecule has 142 valence electrons. The van der Waals surface area contributed by atoms with Crippen molar-refractivity contribution in [3.05, 3.63) is 0 Å². The predicted molar refractivity (Wildman–Crippen MR) is 89.3 cm³/mol. The van der Waals surface area contributed by atoms with Gasteiger partial charge in [0.15, 0.2) is 6.29 Å². The van der Waals surface area contributed by atoms with Gasteiger partial charge in [-0.25, -0.2) is 0 Å². The molecule has 0 saturated carbocycles. The van der Waals surface area contributed by atoms with Crippen molar-refractivity contribution in [2.75, 3.05) is 13.2 Å². The van der Waals surface area contributed by atoms with Gasteiger partial charge in [-0.1, -0.05) is 45.4 Å². The Bertz CT molecular complexity index is 354. The van der Waals surface area contributed by atoms with Crippen LogP contribution in [0.3, 0.4) is 0 Å². The van der Waals surface area contributed by atoms with Crippen LogP contribution in [0.5, 0.6) is 0 Å². The average Bonchev–Trinajstić information content (AvgIpc) is 2.55. The minimum absolute atomic E-state index is 0.346. The van der Waals surface area contributed by atoms with Gasteiger partial charge in [-0.2, -0.15) is 0 Å². The van der Waals surface area contributed by atoms with Crippen LogP contribution >= 0.6 is 0 Å². The van der Waals surface area contributed by atoms with E-state index in [1.54, 1.807) is 0 Å². The summed E-state index contributed by atoms with van der Waals surface area (Å²) >= 11 is 0. The number of aliphatic hydroxyl groups is 3. The summed E-state index contributed by atoms with van der Waals surface area (Å²) in [5.41, 5.74) is 0. The van der Waals surface area contributed by atoms with E-state index < -0.39 is 37.3 Å². The number of hydrogen-bond donors (Lipinski definition) is 4. The number of unbranched alkanes of at least 4 members (excludes halogenated alkanes) is 6. The highest BCUT2D eigenvalue weighted by atomic mass is 16.7. The van der Waals surface area contributed by atoms with E-state index in [-0.39, 0.29) is 5.91 Å². The van der Waals surface area contributed by atoms with Crippen LogP contribution in [-0.4, -0.2) is 65.1 Å². The van der Waals surface area contributed by atoms with Gasteiger partial charge >= 0.3 is 0 Å². The fourth-order valence-electron chi connectivity index (χ4n) is 2.87. The molecule has 1 saturated heterocycles. The Morgan fingerprint density at radius 1 is 1.08 bits per heavy atom. The molecule has 1 rings (SSSR count). The zero-order valence-corrected chi connectivity index (χ0v) is 14.8. The molecule has 0 radical (unpaired) electrons. The fourth-order valence-corrected chi connectivity index (χ4v) is 2.87. The van der Waals surface area contributed by atoms with E-state index in [0.717, 1.165) is 19.3 Å². The molecule has 4 N–H and O–H groups in total. The minimum atomic E-state index is -1.27. The van der Waals surface area contributed by atoms with Gasteiger partial charge in [0.25, 0.3) is 0 Å². The van der Waals surface area contributed by atoms with Crippen LogP contribution in [0.1, 0.15) is 58.8 Å². The zero-order chi connectivity index (χ0) is 17.9. The van der Waals surface area contributed by atoms with E-state index in [2.05, 4.69) is 12.2 Å². The van der Waals surface area contributed by atoms with E-state index in [4.69, 9.17) is 9.47 Å². The summed E-state index contributed by atoms with van der Waals surface area (Å²) in [6, 6.07) is -0.857. The van der Waals surface area contributed by atoms with E-state index in [1.807, 2.05) is 0 Å². The molecule has 5 atom stereocenters. The number of ether oxygens (including phenoxy) is 2. The average molecular weight is 347 g/mol. The molecule has 1 aliphatic heterocycles. The molecule has 7 heteroatoms. The number of rotatable bonds is 11. The Kier molecular flexibility index (Phi) is 10.4. The highest BCUT2D eigenvalue weighted by molar-refractivity contribution is 5.73. The van der Waals surface area contributed by atoms with Crippen LogP contribution in [0, 0.1) is 0 Å². The number of nitrogens with one attached hydrogen (secondary N) is 1. The number of carbonyl (C=O) groups is 1. The maximum Gasteiger partial charge on any atom is 0.217 e. The third-order valence-corrected chi connectivity index (χ3v) is 4.28. The molecule has 1 fully saturated rings. The molecule has 24 heavy (non-hydrogen) atoms. The highest BCUT2D eigenvalue weighted by Crippen LogP contribution is 2.22. The minimum Gasteiger partial charge on any atom is -0.394 e. The summed E-state index contributed by atoms with van der Waals surface area (Å²) in [7, 11) is 0. The Balaban J connectivity index is 2.39. The largest absolute Gasteiger partial charge is 0.394 e. The van der Waals surface area contributed by atoms with E-state index >= 15 is 0 Å². The molecule has 7 nitrogen and oxygen atoms in total. The predicted octanol–water partition coefficient (Wildman–Crippen LogP) is 0.697. The third-order valence-electron chi connectivity index (χ3n) is 4.28. The second-order valence-corrected chi connectivity index (χ2v) is 6.43. The van der Waals surface area contributed by atoms with Crippen LogP contribution in [0.15, 0.2) is 0 Å². The molecule has 0 bridgehead atoms. The Morgan fingerprint density at radius 2 is 1.71 bits per heavy atom. The monoisotopic (exact) mass is 347 g/mol. The molecule has 0 aromatic heterocycles. The molecule has 0 aliphatic carbocycles. The highest BCUT2D eigenvalue weighted by Gasteiger charge is 2.45. The normalized spacial score (nSPS) is 30.3. The van der Waals surface area contributed by atoms with E-state index in [0.29, 0.717) is 6.61 Å². The first-order valence-corrected chi connectivity index (χ1v) is 9.02. The lowest BCUT2D eigenvalue weighted by Crippen LogP contribution is -2.64. The van der Waals surface area contributed by atoms with Crippen LogP contribution in [0.2, 0.25) is 0 Å². The van der Waals surface area contributed by atoms with Gasteiger partial charge in [0, 0.05) is 13.5 Å². The maximum absolute atomic E-state index is 11.3. The van der Waals surface area contributed by atoms with Gasteiger partial charge in [-0.15, -0.1) is 0 Å². The van der Waals surface area contributed by atoms with Gasteiger partial charge < -0.3 is 30.1 Å². The van der Waals surface area contributed by atoms with Gasteiger partial charge in [-0.3, -0.25) is 4.79 Å². The number of carbonyl (C=O) groups excluding carboxylic acids is 1. The Morgan fingerprint density at radius 3 is 2.29 bits per heavy atom. The second kappa shape index (κ2) is 11.8. The standard InChI is InChI=1S/C17H33NO6/c1-3-4-5-6-7-8-9-10-23-17-14(18-12(2)20)16(22)15(21)13(11-19)24-17/h13-17,19,21-22H,3-11H2,1-2H3,(H,18,20)/t13-,14-,15-,16-,17-/m1/s1. The van der Waals surface area contributed by atoms with Crippen LogP contribution in [0.25, 0.3) is 0 Å². The number of amides is 1. The molecular formula is C17H33NO6. The van der Waals surface area contributed by atoms with Crippen molar-refractivity contribution in [3.63, 3.8) is 0 Å². The van der Waals surface area contributed by atoms with Crippen molar-refractivity contribution in [2.45, 2.75) is 89.4 Å². The second-order valence-electron chi connectivity index (χ2n) is 6.43. The van der Waals surface area contributed by atoms with Crippen molar-refractivity contribution >= 4 is 5.91 Å².